The van der Waals surface area contributed by atoms with Crippen molar-refractivity contribution in [1.29, 1.82) is 0 Å². The minimum absolute atomic E-state index is 0.144. The van der Waals surface area contributed by atoms with Crippen LogP contribution in [0.15, 0.2) is 67.3 Å². The van der Waals surface area contributed by atoms with Gasteiger partial charge in [-0.2, -0.15) is 0 Å². The molecule has 0 atom stereocenters. The molecule has 0 aliphatic carbocycles. The number of aromatic nitrogens is 4. The molecule has 10 nitrogen and oxygen atoms in total. The molecule has 0 aliphatic heterocycles. The second-order valence-corrected chi connectivity index (χ2v) is 9.08. The summed E-state index contributed by atoms with van der Waals surface area (Å²) in [5.41, 5.74) is 5.10. The number of hydrogen-bond acceptors (Lipinski definition) is 7. The highest BCUT2D eigenvalue weighted by Gasteiger charge is 2.26. The molecule has 0 saturated heterocycles. The number of amides is 1. The van der Waals surface area contributed by atoms with Crippen LogP contribution < -0.4 is 10.6 Å². The van der Waals surface area contributed by atoms with Gasteiger partial charge in [-0.05, 0) is 35.7 Å². The monoisotopic (exact) mass is 526 g/mol. The number of pyridine rings is 2. The zero-order valence-corrected chi connectivity index (χ0v) is 21.9. The summed E-state index contributed by atoms with van der Waals surface area (Å²) >= 11 is 0. The maximum absolute atomic E-state index is 13.1. The highest BCUT2D eigenvalue weighted by atomic mass is 16.5. The standard InChI is InChI=1S/C29H30N6O4/c1-38-13-10-25(36)34-26-23-14-21(31-16-19-6-5-11-30-15-19)18-33-28(23)35(27(26)29(37)39-2)12-9-20-17-32-24-8-4-3-7-22(20)24/h3-8,11,14-15,17-18,31-32H,9-10,12-13,16H2,1-2H3,(H,34,36). The molecule has 0 aliphatic rings. The van der Waals surface area contributed by atoms with Gasteiger partial charge in [0.15, 0.2) is 5.69 Å². The number of para-hydroxylation sites is 1. The third-order valence-electron chi connectivity index (χ3n) is 6.57. The predicted octanol–water partition coefficient (Wildman–Crippen LogP) is 4.53. The summed E-state index contributed by atoms with van der Waals surface area (Å²) < 4.78 is 12.0. The van der Waals surface area contributed by atoms with Crippen molar-refractivity contribution in [2.75, 3.05) is 31.5 Å². The molecule has 200 valence electrons. The first-order chi connectivity index (χ1) is 19.1. The molecule has 0 spiro atoms. The molecule has 0 saturated carbocycles. The highest BCUT2D eigenvalue weighted by Crippen LogP contribution is 2.33. The fourth-order valence-corrected chi connectivity index (χ4v) is 4.65. The maximum Gasteiger partial charge on any atom is 0.356 e. The second kappa shape index (κ2) is 11.8. The van der Waals surface area contributed by atoms with Gasteiger partial charge < -0.3 is 29.7 Å². The first-order valence-electron chi connectivity index (χ1n) is 12.7. The molecule has 1 aromatic carbocycles. The van der Waals surface area contributed by atoms with Crippen LogP contribution in [0.3, 0.4) is 0 Å². The third kappa shape index (κ3) is 5.60. The summed E-state index contributed by atoms with van der Waals surface area (Å²) in [5, 5.41) is 8.03. The number of H-pyrrole nitrogens is 1. The van der Waals surface area contributed by atoms with Gasteiger partial charge in [0.1, 0.15) is 5.65 Å². The van der Waals surface area contributed by atoms with E-state index in [1.54, 1.807) is 18.6 Å². The molecule has 10 heteroatoms. The molecule has 0 fully saturated rings. The van der Waals surface area contributed by atoms with E-state index < -0.39 is 5.97 Å². The van der Waals surface area contributed by atoms with E-state index in [-0.39, 0.29) is 24.6 Å². The fourth-order valence-electron chi connectivity index (χ4n) is 4.65. The van der Waals surface area contributed by atoms with Gasteiger partial charge in [-0.15, -0.1) is 0 Å². The van der Waals surface area contributed by atoms with Crippen LogP contribution in [0.4, 0.5) is 11.4 Å². The largest absolute Gasteiger partial charge is 0.464 e. The summed E-state index contributed by atoms with van der Waals surface area (Å²) in [6, 6.07) is 13.8. The summed E-state index contributed by atoms with van der Waals surface area (Å²) in [5.74, 6) is -0.828. The molecule has 5 rings (SSSR count). The molecule has 0 radical (unpaired) electrons. The number of esters is 1. The van der Waals surface area contributed by atoms with Gasteiger partial charge in [0, 0.05) is 55.1 Å². The van der Waals surface area contributed by atoms with Gasteiger partial charge in [0.2, 0.25) is 5.91 Å². The van der Waals surface area contributed by atoms with Crippen LogP contribution in [0.25, 0.3) is 21.9 Å². The van der Waals surface area contributed by atoms with Crippen LogP contribution in [0, 0.1) is 0 Å². The van der Waals surface area contributed by atoms with E-state index in [0.29, 0.717) is 36.2 Å². The first-order valence-corrected chi connectivity index (χ1v) is 12.7. The van der Waals surface area contributed by atoms with Crippen LogP contribution in [0.1, 0.15) is 28.0 Å². The zero-order valence-electron chi connectivity index (χ0n) is 21.9. The van der Waals surface area contributed by atoms with Crippen molar-refractivity contribution in [3.63, 3.8) is 0 Å². The average molecular weight is 527 g/mol. The number of carbonyl (C=O) groups is 2. The Balaban J connectivity index is 1.54. The SMILES string of the molecule is COCCC(=O)Nc1c(C(=O)OC)n(CCc2c[nH]c3ccccc23)c2ncc(NCc3cccnc3)cc12. The normalized spacial score (nSPS) is 11.1. The summed E-state index contributed by atoms with van der Waals surface area (Å²) in [6.07, 6.45) is 8.00. The second-order valence-electron chi connectivity index (χ2n) is 9.08. The Morgan fingerprint density at radius 1 is 1.08 bits per heavy atom. The van der Waals surface area contributed by atoms with E-state index >= 15 is 0 Å². The number of rotatable bonds is 11. The quantitative estimate of drug-likeness (QED) is 0.216. The number of hydrogen-bond donors (Lipinski definition) is 3. The van der Waals surface area contributed by atoms with Crippen LogP contribution in [0.2, 0.25) is 0 Å². The number of aromatic amines is 1. The number of carbonyl (C=O) groups excluding carboxylic acids is 2. The van der Waals surface area contributed by atoms with Crippen LogP contribution in [-0.2, 0) is 33.8 Å². The molecule has 5 aromatic rings. The van der Waals surface area contributed by atoms with E-state index in [2.05, 4.69) is 26.7 Å². The summed E-state index contributed by atoms with van der Waals surface area (Å²) in [7, 11) is 2.86. The lowest BCUT2D eigenvalue weighted by Crippen LogP contribution is -2.18. The Kier molecular flexibility index (Phi) is 7.83. The molecule has 4 aromatic heterocycles. The number of benzene rings is 1. The van der Waals surface area contributed by atoms with Gasteiger partial charge in [-0.1, -0.05) is 24.3 Å². The Labute approximate surface area is 225 Å². The van der Waals surface area contributed by atoms with E-state index in [1.165, 1.54) is 14.2 Å². The molecule has 0 unspecified atom stereocenters. The summed E-state index contributed by atoms with van der Waals surface area (Å²) in [4.78, 5) is 38.1. The number of fused-ring (bicyclic) bond motifs is 2. The van der Waals surface area contributed by atoms with Crippen LogP contribution in [-0.4, -0.2) is 52.2 Å². The Morgan fingerprint density at radius 2 is 1.95 bits per heavy atom. The van der Waals surface area contributed by atoms with Crippen molar-refractivity contribution >= 4 is 45.2 Å². The van der Waals surface area contributed by atoms with Crippen molar-refractivity contribution < 1.29 is 19.1 Å². The smallest absolute Gasteiger partial charge is 0.356 e. The van der Waals surface area contributed by atoms with Crippen LogP contribution >= 0.6 is 0 Å². The average Bonchev–Trinajstić information content (AvgIpc) is 3.52. The number of aryl methyl sites for hydroxylation is 2. The lowest BCUT2D eigenvalue weighted by molar-refractivity contribution is -0.117. The Hall–Kier alpha value is -4.70. The van der Waals surface area contributed by atoms with Crippen molar-refractivity contribution in [1.82, 2.24) is 19.5 Å². The van der Waals surface area contributed by atoms with Gasteiger partial charge in [-0.25, -0.2) is 9.78 Å². The number of ether oxygens (including phenoxy) is 2. The van der Waals surface area contributed by atoms with Gasteiger partial charge in [0.05, 0.1) is 37.7 Å². The fraction of sp³-hybridized carbons (Fsp3) is 0.241. The molecule has 0 bridgehead atoms. The first kappa shape index (κ1) is 25.9. The van der Waals surface area contributed by atoms with Crippen LogP contribution in [0.5, 0.6) is 0 Å². The molecule has 3 N–H and O–H groups in total. The Bertz CT molecular complexity index is 1610. The van der Waals surface area contributed by atoms with Crippen molar-refractivity contribution in [2.24, 2.45) is 0 Å². The highest BCUT2D eigenvalue weighted by molar-refractivity contribution is 6.11. The molecule has 4 heterocycles. The minimum Gasteiger partial charge on any atom is -0.464 e. The predicted molar refractivity (Wildman–Crippen MR) is 150 cm³/mol. The minimum atomic E-state index is -0.557. The Morgan fingerprint density at radius 3 is 2.74 bits per heavy atom. The maximum atomic E-state index is 13.1. The van der Waals surface area contributed by atoms with Crippen molar-refractivity contribution in [3.8, 4) is 0 Å². The lowest BCUT2D eigenvalue weighted by Gasteiger charge is -2.11. The van der Waals surface area contributed by atoms with E-state index in [1.807, 2.05) is 47.2 Å². The third-order valence-corrected chi connectivity index (χ3v) is 6.57. The molecule has 39 heavy (non-hydrogen) atoms. The summed E-state index contributed by atoms with van der Waals surface area (Å²) in [6.45, 7) is 1.25. The number of methoxy groups -OCH3 is 2. The molecule has 1 amide bonds. The van der Waals surface area contributed by atoms with Gasteiger partial charge in [0.25, 0.3) is 0 Å². The molecular formula is C29H30N6O4. The van der Waals surface area contributed by atoms with Crippen molar-refractivity contribution in [3.05, 3.63) is 84.1 Å². The topological polar surface area (TPSA) is 123 Å². The van der Waals surface area contributed by atoms with E-state index in [0.717, 1.165) is 27.7 Å². The van der Waals surface area contributed by atoms with Gasteiger partial charge in [-0.3, -0.25) is 9.78 Å². The van der Waals surface area contributed by atoms with Crippen molar-refractivity contribution in [2.45, 2.75) is 25.9 Å². The number of anilines is 2. The van der Waals surface area contributed by atoms with E-state index in [4.69, 9.17) is 14.5 Å². The zero-order chi connectivity index (χ0) is 27.2. The molecular weight excluding hydrogens is 496 g/mol. The van der Waals surface area contributed by atoms with Gasteiger partial charge >= 0.3 is 5.97 Å². The lowest BCUT2D eigenvalue weighted by atomic mass is 10.1. The number of nitrogens with zero attached hydrogens (tertiary/aromatic N) is 3. The van der Waals surface area contributed by atoms with E-state index in [9.17, 15) is 9.59 Å². The number of nitrogens with one attached hydrogen (secondary N) is 3.